The Morgan fingerprint density at radius 3 is 2.76 bits per heavy atom. The summed E-state index contributed by atoms with van der Waals surface area (Å²) in [6.45, 7) is 8.76. The van der Waals surface area contributed by atoms with Gasteiger partial charge in [-0.1, -0.05) is 0 Å². The lowest BCUT2D eigenvalue weighted by Gasteiger charge is -2.43. The van der Waals surface area contributed by atoms with E-state index < -0.39 is 0 Å². The second-order valence-electron chi connectivity index (χ2n) is 5.16. The van der Waals surface area contributed by atoms with Crippen LogP contribution in [0.15, 0.2) is 0 Å². The molecule has 0 bridgehead atoms. The molecule has 1 aromatic rings. The number of aryl methyl sites for hydroxylation is 2. The minimum atomic E-state index is -0.0146. The van der Waals surface area contributed by atoms with Crippen molar-refractivity contribution >= 4 is 17.4 Å². The predicted molar refractivity (Wildman–Crippen MR) is 69.7 cm³/mol. The summed E-state index contributed by atoms with van der Waals surface area (Å²) in [7, 11) is 1.98. The van der Waals surface area contributed by atoms with E-state index in [-0.39, 0.29) is 5.54 Å². The fourth-order valence-electron chi connectivity index (χ4n) is 2.43. The zero-order valence-electron chi connectivity index (χ0n) is 11.0. The van der Waals surface area contributed by atoms with Crippen LogP contribution >= 0.6 is 11.6 Å². The van der Waals surface area contributed by atoms with E-state index in [9.17, 15) is 0 Å². The van der Waals surface area contributed by atoms with Crippen LogP contribution in [0.2, 0.25) is 0 Å². The van der Waals surface area contributed by atoms with Crippen molar-refractivity contribution in [1.82, 2.24) is 9.78 Å². The van der Waals surface area contributed by atoms with E-state index in [0.29, 0.717) is 5.88 Å². The molecule has 1 fully saturated rings. The van der Waals surface area contributed by atoms with Crippen molar-refractivity contribution in [3.8, 4) is 0 Å². The topological polar surface area (TPSA) is 30.3 Å². The Labute approximate surface area is 107 Å². The van der Waals surface area contributed by atoms with Gasteiger partial charge < -0.3 is 9.64 Å². The van der Waals surface area contributed by atoms with Crippen molar-refractivity contribution in [2.45, 2.75) is 32.2 Å². The molecule has 0 radical (unpaired) electrons. The number of alkyl halides is 1. The molecule has 0 atom stereocenters. The molecule has 1 aliphatic heterocycles. The predicted octanol–water partition coefficient (Wildman–Crippen LogP) is 2.08. The Bertz CT molecular complexity index is 414. The van der Waals surface area contributed by atoms with E-state index >= 15 is 0 Å². The molecule has 0 N–H and O–H groups in total. The van der Waals surface area contributed by atoms with Crippen LogP contribution in [0.5, 0.6) is 0 Å². The second-order valence-corrected chi connectivity index (χ2v) is 5.43. The maximum absolute atomic E-state index is 6.05. The summed E-state index contributed by atoms with van der Waals surface area (Å²) >= 11 is 6.05. The molecule has 2 heterocycles. The van der Waals surface area contributed by atoms with Gasteiger partial charge in [-0.05, 0) is 20.8 Å². The van der Waals surface area contributed by atoms with E-state index in [1.54, 1.807) is 0 Å². The number of morpholine rings is 1. The normalized spacial score (nSPS) is 19.7. The highest BCUT2D eigenvalue weighted by atomic mass is 35.5. The van der Waals surface area contributed by atoms with Crippen LogP contribution in [0.25, 0.3) is 0 Å². The molecule has 17 heavy (non-hydrogen) atoms. The lowest BCUT2D eigenvalue weighted by atomic mass is 10.0. The highest BCUT2D eigenvalue weighted by molar-refractivity contribution is 6.17. The average Bonchev–Trinajstić information content (AvgIpc) is 2.52. The van der Waals surface area contributed by atoms with Crippen molar-refractivity contribution < 1.29 is 4.74 Å². The van der Waals surface area contributed by atoms with E-state index in [2.05, 4.69) is 23.8 Å². The zero-order chi connectivity index (χ0) is 12.6. The van der Waals surface area contributed by atoms with Crippen molar-refractivity contribution in [3.63, 3.8) is 0 Å². The van der Waals surface area contributed by atoms with Crippen molar-refractivity contribution in [2.24, 2.45) is 7.05 Å². The lowest BCUT2D eigenvalue weighted by Crippen LogP contribution is -2.54. The smallest absolute Gasteiger partial charge is 0.131 e. The standard InChI is InChI=1S/C12H20ClN3O/c1-9-10(7-13)11(15(4)14-9)16-5-6-17-8-12(16,2)3/h5-8H2,1-4H3. The van der Waals surface area contributed by atoms with Crippen LogP contribution in [0.1, 0.15) is 25.1 Å². The van der Waals surface area contributed by atoms with Gasteiger partial charge in [0.05, 0.1) is 30.3 Å². The molecule has 0 saturated carbocycles. The third-order valence-electron chi connectivity index (χ3n) is 3.35. The number of aromatic nitrogens is 2. The molecular weight excluding hydrogens is 238 g/mol. The van der Waals surface area contributed by atoms with Crippen molar-refractivity contribution in [3.05, 3.63) is 11.3 Å². The van der Waals surface area contributed by atoms with Gasteiger partial charge in [0.2, 0.25) is 0 Å². The molecule has 1 aromatic heterocycles. The molecule has 0 aromatic carbocycles. The first-order valence-corrected chi connectivity index (χ1v) is 6.44. The summed E-state index contributed by atoms with van der Waals surface area (Å²) in [5.41, 5.74) is 2.13. The van der Waals surface area contributed by atoms with Crippen LogP contribution in [-0.2, 0) is 17.7 Å². The Kier molecular flexibility index (Phi) is 3.36. The van der Waals surface area contributed by atoms with Gasteiger partial charge in [-0.15, -0.1) is 11.6 Å². The Morgan fingerprint density at radius 1 is 1.47 bits per heavy atom. The minimum Gasteiger partial charge on any atom is -0.377 e. The summed E-state index contributed by atoms with van der Waals surface area (Å²) in [5, 5.41) is 4.47. The summed E-state index contributed by atoms with van der Waals surface area (Å²) in [6, 6.07) is 0. The summed E-state index contributed by atoms with van der Waals surface area (Å²) in [5.74, 6) is 1.63. The lowest BCUT2D eigenvalue weighted by molar-refractivity contribution is 0.0634. The van der Waals surface area contributed by atoms with Crippen LogP contribution in [0, 0.1) is 6.92 Å². The molecule has 1 saturated heterocycles. The Balaban J connectivity index is 2.45. The van der Waals surface area contributed by atoms with E-state index in [4.69, 9.17) is 16.3 Å². The van der Waals surface area contributed by atoms with Crippen molar-refractivity contribution in [1.29, 1.82) is 0 Å². The highest BCUT2D eigenvalue weighted by Gasteiger charge is 2.34. The monoisotopic (exact) mass is 257 g/mol. The molecule has 2 rings (SSSR count). The number of rotatable bonds is 2. The average molecular weight is 258 g/mol. The summed E-state index contributed by atoms with van der Waals surface area (Å²) in [4.78, 5) is 2.36. The zero-order valence-corrected chi connectivity index (χ0v) is 11.7. The molecule has 1 aliphatic rings. The van der Waals surface area contributed by atoms with Gasteiger partial charge in [-0.3, -0.25) is 4.68 Å². The molecule has 0 unspecified atom stereocenters. The number of anilines is 1. The van der Waals surface area contributed by atoms with Gasteiger partial charge in [0, 0.05) is 19.2 Å². The van der Waals surface area contributed by atoms with Crippen LogP contribution in [0.3, 0.4) is 0 Å². The maximum Gasteiger partial charge on any atom is 0.131 e. The number of hydrogen-bond donors (Lipinski definition) is 0. The van der Waals surface area contributed by atoms with Gasteiger partial charge >= 0.3 is 0 Å². The van der Waals surface area contributed by atoms with Gasteiger partial charge in [-0.2, -0.15) is 5.10 Å². The third-order valence-corrected chi connectivity index (χ3v) is 3.61. The number of halogens is 1. The molecule has 0 aliphatic carbocycles. The molecule has 5 heteroatoms. The van der Waals surface area contributed by atoms with Gasteiger partial charge in [-0.25, -0.2) is 0 Å². The fourth-order valence-corrected chi connectivity index (χ4v) is 2.75. The Morgan fingerprint density at radius 2 is 2.18 bits per heavy atom. The third kappa shape index (κ3) is 2.16. The summed E-state index contributed by atoms with van der Waals surface area (Å²) in [6.07, 6.45) is 0. The maximum atomic E-state index is 6.05. The molecular formula is C12H20ClN3O. The van der Waals surface area contributed by atoms with Gasteiger partial charge in [0.25, 0.3) is 0 Å². The van der Waals surface area contributed by atoms with E-state index in [0.717, 1.165) is 36.8 Å². The highest BCUT2D eigenvalue weighted by Crippen LogP contribution is 2.31. The molecule has 96 valence electrons. The SMILES string of the molecule is Cc1nn(C)c(N2CCOCC2(C)C)c1CCl. The number of nitrogens with zero attached hydrogens (tertiary/aromatic N) is 3. The van der Waals surface area contributed by atoms with Crippen LogP contribution in [-0.4, -0.2) is 35.1 Å². The molecule has 0 amide bonds. The van der Waals surface area contributed by atoms with Crippen molar-refractivity contribution in [2.75, 3.05) is 24.7 Å². The van der Waals surface area contributed by atoms with Crippen LogP contribution < -0.4 is 4.90 Å². The minimum absolute atomic E-state index is 0.0146. The van der Waals surface area contributed by atoms with Gasteiger partial charge in [0.1, 0.15) is 5.82 Å². The molecule has 0 spiro atoms. The van der Waals surface area contributed by atoms with Crippen LogP contribution in [0.4, 0.5) is 5.82 Å². The van der Waals surface area contributed by atoms with Gasteiger partial charge in [0.15, 0.2) is 0 Å². The first kappa shape index (κ1) is 12.7. The van der Waals surface area contributed by atoms with E-state index in [1.165, 1.54) is 0 Å². The quantitative estimate of drug-likeness (QED) is 0.760. The number of hydrogen-bond acceptors (Lipinski definition) is 3. The second kappa shape index (κ2) is 4.50. The number of ether oxygens (including phenoxy) is 1. The van der Waals surface area contributed by atoms with E-state index in [1.807, 2.05) is 18.7 Å². The largest absolute Gasteiger partial charge is 0.377 e. The fraction of sp³-hybridized carbons (Fsp3) is 0.750. The summed E-state index contributed by atoms with van der Waals surface area (Å²) < 4.78 is 7.48. The molecule has 4 nitrogen and oxygen atoms in total. The first-order chi connectivity index (χ1) is 7.97. The first-order valence-electron chi connectivity index (χ1n) is 5.91. The Hall–Kier alpha value is -0.740.